The van der Waals surface area contributed by atoms with Crippen LogP contribution in [0.2, 0.25) is 5.02 Å². The largest absolute Gasteiger partial charge is 0.481 e. The zero-order valence-corrected chi connectivity index (χ0v) is 15.4. The number of carboxylic acid groups (broad SMARTS) is 1. The molecule has 4 rings (SSSR count). The molecule has 1 saturated carbocycles. The molecule has 0 radical (unpaired) electrons. The van der Waals surface area contributed by atoms with E-state index in [0.29, 0.717) is 18.1 Å². The number of fused-ring (bicyclic) bond motifs is 1. The van der Waals surface area contributed by atoms with Crippen LogP contribution in [0.5, 0.6) is 0 Å². The molecule has 1 amide bonds. The van der Waals surface area contributed by atoms with Crippen molar-refractivity contribution in [3.63, 3.8) is 0 Å². The van der Waals surface area contributed by atoms with Crippen LogP contribution in [0.4, 0.5) is 5.69 Å². The van der Waals surface area contributed by atoms with Gasteiger partial charge in [0, 0.05) is 19.6 Å². The van der Waals surface area contributed by atoms with E-state index in [9.17, 15) is 14.7 Å². The Bertz CT molecular complexity index is 699. The molecule has 1 unspecified atom stereocenters. The second-order valence-electron chi connectivity index (χ2n) is 7.23. The lowest BCUT2D eigenvalue weighted by Gasteiger charge is -2.26. The van der Waals surface area contributed by atoms with Crippen molar-refractivity contribution < 1.29 is 14.7 Å². The van der Waals surface area contributed by atoms with Gasteiger partial charge >= 0.3 is 5.97 Å². The number of carbonyl (C=O) groups is 2. The normalized spacial score (nSPS) is 31.9. The van der Waals surface area contributed by atoms with Crippen molar-refractivity contribution in [2.75, 3.05) is 24.5 Å². The number of hydrogen-bond donors (Lipinski definition) is 1. The van der Waals surface area contributed by atoms with Gasteiger partial charge in [-0.1, -0.05) is 30.2 Å². The van der Waals surface area contributed by atoms with Crippen molar-refractivity contribution in [1.82, 2.24) is 4.90 Å². The smallest absolute Gasteiger partial charge is 0.311 e. The Morgan fingerprint density at radius 1 is 1.28 bits per heavy atom. The molecule has 0 bridgehead atoms. The first-order valence-corrected chi connectivity index (χ1v) is 8.94. The van der Waals surface area contributed by atoms with Crippen LogP contribution in [0.1, 0.15) is 25.7 Å². The number of benzene rings is 1. The van der Waals surface area contributed by atoms with Gasteiger partial charge < -0.3 is 10.0 Å². The van der Waals surface area contributed by atoms with E-state index in [1.54, 1.807) is 11.0 Å². The lowest BCUT2D eigenvalue weighted by molar-refractivity contribution is -0.149. The lowest BCUT2D eigenvalue weighted by atomic mass is 9.81. The number of nitrogens with zero attached hydrogens (tertiary/aromatic N) is 2. The van der Waals surface area contributed by atoms with E-state index in [4.69, 9.17) is 11.6 Å². The maximum absolute atomic E-state index is 12.9. The summed E-state index contributed by atoms with van der Waals surface area (Å²) in [5.74, 6) is -0.471. The third-order valence-electron chi connectivity index (χ3n) is 6.08. The van der Waals surface area contributed by atoms with Crippen molar-refractivity contribution in [3.05, 3.63) is 29.3 Å². The van der Waals surface area contributed by atoms with E-state index in [0.717, 1.165) is 37.9 Å². The summed E-state index contributed by atoms with van der Waals surface area (Å²) in [5.41, 5.74) is 0.108. The van der Waals surface area contributed by atoms with Crippen molar-refractivity contribution in [2.24, 2.45) is 11.3 Å². The third-order valence-corrected chi connectivity index (χ3v) is 6.40. The predicted molar refractivity (Wildman–Crippen MR) is 98.4 cm³/mol. The Morgan fingerprint density at radius 2 is 2.04 bits per heavy atom. The number of aliphatic carboxylic acids is 1. The maximum Gasteiger partial charge on any atom is 0.311 e. The fourth-order valence-electron chi connectivity index (χ4n) is 4.83. The van der Waals surface area contributed by atoms with Crippen molar-refractivity contribution >= 4 is 41.6 Å². The number of hydrogen-bond acceptors (Lipinski definition) is 3. The molecule has 3 fully saturated rings. The summed E-state index contributed by atoms with van der Waals surface area (Å²) in [7, 11) is 0. The highest BCUT2D eigenvalue weighted by Crippen LogP contribution is 2.50. The zero-order chi connectivity index (χ0) is 16.9. The van der Waals surface area contributed by atoms with Gasteiger partial charge in [0.2, 0.25) is 5.91 Å². The molecule has 0 aromatic heterocycles. The molecule has 1 aromatic carbocycles. The van der Waals surface area contributed by atoms with Gasteiger partial charge in [-0.05, 0) is 37.3 Å². The molecular formula is C18H22Cl2N2O3. The third kappa shape index (κ3) is 2.82. The number of carbonyl (C=O) groups excluding carboxylic acids is 1. The van der Waals surface area contributed by atoms with Crippen LogP contribution in [-0.2, 0) is 9.59 Å². The summed E-state index contributed by atoms with van der Waals surface area (Å²) in [4.78, 5) is 28.6. The number of carboxylic acids is 1. The van der Waals surface area contributed by atoms with E-state index in [1.807, 2.05) is 18.2 Å². The number of amides is 1. The minimum absolute atomic E-state index is 0. The second-order valence-corrected chi connectivity index (χ2v) is 7.63. The summed E-state index contributed by atoms with van der Waals surface area (Å²) in [5, 5.41) is 10.3. The predicted octanol–water partition coefficient (Wildman–Crippen LogP) is 3.05. The minimum Gasteiger partial charge on any atom is -0.481 e. The van der Waals surface area contributed by atoms with Gasteiger partial charge in [0.25, 0.3) is 0 Å². The Kier molecular flexibility index (Phi) is 5.02. The maximum atomic E-state index is 12.9. The molecular weight excluding hydrogens is 363 g/mol. The lowest BCUT2D eigenvalue weighted by Crippen LogP contribution is -2.43. The van der Waals surface area contributed by atoms with Gasteiger partial charge in [-0.2, -0.15) is 0 Å². The Labute approximate surface area is 158 Å². The van der Waals surface area contributed by atoms with Crippen LogP contribution in [-0.4, -0.2) is 47.6 Å². The molecule has 0 spiro atoms. The first kappa shape index (κ1) is 18.5. The van der Waals surface area contributed by atoms with Crippen LogP contribution in [0.25, 0.3) is 0 Å². The highest BCUT2D eigenvalue weighted by atomic mass is 35.5. The van der Waals surface area contributed by atoms with Crippen molar-refractivity contribution in [3.8, 4) is 0 Å². The van der Waals surface area contributed by atoms with Crippen molar-refractivity contribution in [1.29, 1.82) is 0 Å². The van der Waals surface area contributed by atoms with E-state index in [2.05, 4.69) is 4.90 Å². The molecule has 5 nitrogen and oxygen atoms in total. The monoisotopic (exact) mass is 384 g/mol. The average molecular weight is 385 g/mol. The number of halogens is 2. The quantitative estimate of drug-likeness (QED) is 0.869. The minimum atomic E-state index is -0.694. The molecule has 25 heavy (non-hydrogen) atoms. The number of likely N-dealkylation sites (tertiary alicyclic amines) is 1. The number of para-hydroxylation sites is 1. The van der Waals surface area contributed by atoms with Gasteiger partial charge in [0.1, 0.15) is 0 Å². The number of rotatable bonds is 3. The Hall–Kier alpha value is -1.30. The van der Waals surface area contributed by atoms with E-state index < -0.39 is 11.4 Å². The highest BCUT2D eigenvalue weighted by molar-refractivity contribution is 6.33. The second kappa shape index (κ2) is 6.78. The molecule has 2 saturated heterocycles. The summed E-state index contributed by atoms with van der Waals surface area (Å²) >= 11 is 6.23. The van der Waals surface area contributed by atoms with Crippen LogP contribution < -0.4 is 4.90 Å². The molecule has 1 aromatic rings. The van der Waals surface area contributed by atoms with Crippen molar-refractivity contribution in [2.45, 2.75) is 31.7 Å². The van der Waals surface area contributed by atoms with E-state index in [1.165, 1.54) is 0 Å². The molecule has 1 N–H and O–H groups in total. The molecule has 1 aliphatic carbocycles. The first-order valence-electron chi connectivity index (χ1n) is 8.56. The summed E-state index contributed by atoms with van der Waals surface area (Å²) in [6.45, 7) is 1.85. The summed E-state index contributed by atoms with van der Waals surface area (Å²) in [6.07, 6.45) is 3.40. The summed E-state index contributed by atoms with van der Waals surface area (Å²) in [6, 6.07) is 7.16. The zero-order valence-electron chi connectivity index (χ0n) is 13.9. The van der Waals surface area contributed by atoms with Crippen LogP contribution in [0, 0.1) is 11.3 Å². The fraction of sp³-hybridized carbons (Fsp3) is 0.556. The van der Waals surface area contributed by atoms with Crippen LogP contribution in [0.15, 0.2) is 24.3 Å². The Morgan fingerprint density at radius 3 is 2.72 bits per heavy atom. The SMILES string of the molecule is Cl.O=C1C(N2C[C@@H]3CCC[C@@]3(C(=O)O)C2)CCN1c1ccccc1Cl. The fourth-order valence-corrected chi connectivity index (χ4v) is 5.07. The van der Waals surface area contributed by atoms with Gasteiger partial charge in [0.05, 0.1) is 22.2 Å². The highest BCUT2D eigenvalue weighted by Gasteiger charge is 2.57. The van der Waals surface area contributed by atoms with Crippen LogP contribution in [0.3, 0.4) is 0 Å². The molecule has 2 heterocycles. The van der Waals surface area contributed by atoms with E-state index in [-0.39, 0.29) is 30.3 Å². The first-order chi connectivity index (χ1) is 11.5. The van der Waals surface area contributed by atoms with Gasteiger partial charge in [-0.15, -0.1) is 12.4 Å². The molecule has 2 aliphatic heterocycles. The van der Waals surface area contributed by atoms with Gasteiger partial charge in [-0.3, -0.25) is 14.5 Å². The van der Waals surface area contributed by atoms with E-state index >= 15 is 0 Å². The topological polar surface area (TPSA) is 60.9 Å². The molecule has 3 aliphatic rings. The summed E-state index contributed by atoms with van der Waals surface area (Å²) < 4.78 is 0. The Balaban J connectivity index is 0.00000182. The standard InChI is InChI=1S/C18H21ClN2O3.ClH/c19-13-5-1-2-6-14(13)21-9-7-15(16(21)22)20-10-12-4-3-8-18(12,11-20)17(23)24;/h1-2,5-6,12,15H,3-4,7-11H2,(H,23,24);1H/t12-,15?,18+;/m0./s1. The molecule has 3 atom stereocenters. The van der Waals surface area contributed by atoms with Gasteiger partial charge in [0.15, 0.2) is 0 Å². The number of anilines is 1. The van der Waals surface area contributed by atoms with Crippen LogP contribution >= 0.6 is 24.0 Å². The average Bonchev–Trinajstić information content (AvgIpc) is 3.20. The molecule has 136 valence electrons. The molecule has 7 heteroatoms. The van der Waals surface area contributed by atoms with Gasteiger partial charge in [-0.25, -0.2) is 0 Å².